The highest BCUT2D eigenvalue weighted by Gasteiger charge is 2.36. The highest BCUT2D eigenvalue weighted by atomic mass is 16.4. The maximum Gasteiger partial charge on any atom is 0.340 e. The summed E-state index contributed by atoms with van der Waals surface area (Å²) in [5, 5.41) is 1.70. The Morgan fingerprint density at radius 1 is 0.974 bits per heavy atom. The zero-order valence-corrected chi connectivity index (χ0v) is 21.9. The standard InChI is InChI=1S/C32H28N2O5/c1-18-11-26-30(31-29(18)24(17-38-31)21-7-4-3-5-8-21)19(2)23(32(37)39-26)13-28(36)33-14-20-12-22(16-33)25-9-6-10-27(35)34(25)15-20/h3-11,17,20,22H,12-16H2,1-2H3/t20-,22+/m1/s1. The second-order valence-electron chi connectivity index (χ2n) is 11.0. The minimum absolute atomic E-state index is 0.0151. The van der Waals surface area contributed by atoms with Gasteiger partial charge >= 0.3 is 5.63 Å². The Bertz CT molecular complexity index is 1900. The first-order valence-corrected chi connectivity index (χ1v) is 13.4. The largest absolute Gasteiger partial charge is 0.463 e. The van der Waals surface area contributed by atoms with Gasteiger partial charge in [0.2, 0.25) is 5.91 Å². The van der Waals surface area contributed by atoms with Gasteiger partial charge in [-0.3, -0.25) is 9.59 Å². The molecule has 2 atom stereocenters. The third-order valence-corrected chi connectivity index (χ3v) is 8.53. The summed E-state index contributed by atoms with van der Waals surface area (Å²) in [6.45, 7) is 5.59. The summed E-state index contributed by atoms with van der Waals surface area (Å²) in [5.74, 6) is 0.238. The number of amides is 1. The van der Waals surface area contributed by atoms with Crippen molar-refractivity contribution < 1.29 is 13.6 Å². The maximum atomic E-state index is 13.6. The second-order valence-corrected chi connectivity index (χ2v) is 11.0. The molecule has 0 aliphatic carbocycles. The lowest BCUT2D eigenvalue weighted by atomic mass is 9.83. The molecule has 1 fully saturated rings. The Kier molecular flexibility index (Phi) is 5.37. The number of fused-ring (bicyclic) bond motifs is 7. The summed E-state index contributed by atoms with van der Waals surface area (Å²) in [4.78, 5) is 40.9. The van der Waals surface area contributed by atoms with Gasteiger partial charge in [0.25, 0.3) is 5.56 Å². The molecule has 7 heteroatoms. The van der Waals surface area contributed by atoms with Crippen LogP contribution in [0.2, 0.25) is 0 Å². The molecule has 0 saturated carbocycles. The number of rotatable bonds is 3. The van der Waals surface area contributed by atoms with E-state index in [2.05, 4.69) is 0 Å². The van der Waals surface area contributed by atoms with Crippen molar-refractivity contribution >= 4 is 27.8 Å². The molecule has 0 radical (unpaired) electrons. The number of nitrogens with zero attached hydrogens (tertiary/aromatic N) is 2. The number of hydrogen-bond acceptors (Lipinski definition) is 5. The number of piperidine rings is 1. The third kappa shape index (κ3) is 3.75. The molecule has 1 amide bonds. The molecule has 3 aromatic heterocycles. The molecule has 196 valence electrons. The summed E-state index contributed by atoms with van der Waals surface area (Å²) in [5.41, 5.74) is 5.69. The minimum Gasteiger partial charge on any atom is -0.463 e. The van der Waals surface area contributed by atoms with Crippen LogP contribution in [0.3, 0.4) is 0 Å². The number of aryl methyl sites for hydroxylation is 2. The van der Waals surface area contributed by atoms with Gasteiger partial charge in [0.15, 0.2) is 0 Å². The van der Waals surface area contributed by atoms with E-state index in [-0.39, 0.29) is 29.7 Å². The van der Waals surface area contributed by atoms with Gasteiger partial charge in [-0.1, -0.05) is 36.4 Å². The summed E-state index contributed by atoms with van der Waals surface area (Å²) >= 11 is 0. The number of furan rings is 1. The van der Waals surface area contributed by atoms with E-state index >= 15 is 0 Å². The van der Waals surface area contributed by atoms with Crippen molar-refractivity contribution in [3.8, 4) is 11.1 Å². The van der Waals surface area contributed by atoms with Gasteiger partial charge in [0, 0.05) is 48.3 Å². The van der Waals surface area contributed by atoms with Crippen LogP contribution in [0.5, 0.6) is 0 Å². The van der Waals surface area contributed by atoms with E-state index in [0.717, 1.165) is 39.6 Å². The van der Waals surface area contributed by atoms with Crippen molar-refractivity contribution in [2.24, 2.45) is 5.92 Å². The van der Waals surface area contributed by atoms with Crippen LogP contribution in [0, 0.1) is 19.8 Å². The fourth-order valence-electron chi connectivity index (χ4n) is 6.69. The van der Waals surface area contributed by atoms with Gasteiger partial charge in [-0.25, -0.2) is 4.79 Å². The van der Waals surface area contributed by atoms with Gasteiger partial charge < -0.3 is 18.3 Å². The zero-order chi connectivity index (χ0) is 26.8. The van der Waals surface area contributed by atoms with E-state index in [1.54, 1.807) is 18.4 Å². The zero-order valence-electron chi connectivity index (χ0n) is 21.9. The van der Waals surface area contributed by atoms with E-state index in [1.165, 1.54) is 0 Å². The van der Waals surface area contributed by atoms with Crippen LogP contribution in [0.4, 0.5) is 0 Å². The van der Waals surface area contributed by atoms with Gasteiger partial charge in [-0.2, -0.15) is 0 Å². The van der Waals surface area contributed by atoms with Crippen molar-refractivity contribution in [1.82, 2.24) is 9.47 Å². The molecule has 2 aliphatic heterocycles. The Morgan fingerprint density at radius 3 is 2.62 bits per heavy atom. The van der Waals surface area contributed by atoms with Crippen LogP contribution in [0.15, 0.2) is 79.3 Å². The lowest BCUT2D eigenvalue weighted by Crippen LogP contribution is -2.49. The smallest absolute Gasteiger partial charge is 0.340 e. The topological polar surface area (TPSA) is 85.7 Å². The first-order valence-electron chi connectivity index (χ1n) is 13.4. The normalized spacial score (nSPS) is 18.5. The van der Waals surface area contributed by atoms with E-state index in [9.17, 15) is 14.4 Å². The molecular formula is C32H28N2O5. The molecule has 2 bridgehead atoms. The third-order valence-electron chi connectivity index (χ3n) is 8.53. The molecule has 39 heavy (non-hydrogen) atoms. The quantitative estimate of drug-likeness (QED) is 0.306. The van der Waals surface area contributed by atoms with Crippen LogP contribution >= 0.6 is 0 Å². The lowest BCUT2D eigenvalue weighted by molar-refractivity contribution is -0.133. The number of carbonyl (C=O) groups excluding carboxylic acids is 1. The number of hydrogen-bond donors (Lipinski definition) is 0. The summed E-state index contributed by atoms with van der Waals surface area (Å²) in [7, 11) is 0. The van der Waals surface area contributed by atoms with Crippen LogP contribution in [0.1, 0.15) is 34.7 Å². The number of carbonyl (C=O) groups is 1. The molecule has 7 rings (SSSR count). The van der Waals surface area contributed by atoms with Gasteiger partial charge in [0.1, 0.15) is 11.2 Å². The van der Waals surface area contributed by atoms with E-state index in [0.29, 0.717) is 41.9 Å². The Balaban J connectivity index is 1.26. The van der Waals surface area contributed by atoms with Crippen molar-refractivity contribution in [3.05, 3.63) is 104 Å². The molecule has 2 aromatic carbocycles. The maximum absolute atomic E-state index is 13.6. The molecule has 5 heterocycles. The SMILES string of the molecule is Cc1cc2oc(=O)c(CC(=O)N3C[C@H]4C[C@@H](C3)c3cccc(=O)n3C4)c(C)c2c2occ(-c3ccccc3)c12. The first-order chi connectivity index (χ1) is 18.9. The second kappa shape index (κ2) is 8.83. The first kappa shape index (κ1) is 23.7. The van der Waals surface area contributed by atoms with Crippen LogP contribution < -0.4 is 11.2 Å². The van der Waals surface area contributed by atoms with Crippen molar-refractivity contribution in [1.29, 1.82) is 0 Å². The monoisotopic (exact) mass is 520 g/mol. The van der Waals surface area contributed by atoms with Gasteiger partial charge in [-0.15, -0.1) is 0 Å². The number of benzene rings is 2. The molecule has 1 saturated heterocycles. The molecule has 0 spiro atoms. The predicted octanol–water partition coefficient (Wildman–Crippen LogP) is 5.17. The van der Waals surface area contributed by atoms with Crippen molar-refractivity contribution in [2.75, 3.05) is 13.1 Å². The Hall–Kier alpha value is -4.39. The predicted molar refractivity (Wildman–Crippen MR) is 149 cm³/mol. The highest BCUT2D eigenvalue weighted by molar-refractivity contribution is 6.11. The number of pyridine rings is 1. The number of likely N-dealkylation sites (tertiary alicyclic amines) is 1. The van der Waals surface area contributed by atoms with Gasteiger partial charge in [-0.05, 0) is 55.0 Å². The molecular weight excluding hydrogens is 492 g/mol. The van der Waals surface area contributed by atoms with Crippen molar-refractivity contribution in [3.63, 3.8) is 0 Å². The Labute approximate surface area is 224 Å². The molecule has 2 aliphatic rings. The average molecular weight is 521 g/mol. The molecule has 7 nitrogen and oxygen atoms in total. The summed E-state index contributed by atoms with van der Waals surface area (Å²) in [6.07, 6.45) is 2.67. The highest BCUT2D eigenvalue weighted by Crippen LogP contribution is 2.39. The number of aromatic nitrogens is 1. The average Bonchev–Trinajstić information content (AvgIpc) is 3.37. The van der Waals surface area contributed by atoms with E-state index in [1.807, 2.05) is 65.8 Å². The fraction of sp³-hybridized carbons (Fsp3) is 0.281. The molecule has 0 unspecified atom stereocenters. The lowest BCUT2D eigenvalue weighted by Gasteiger charge is -2.42. The van der Waals surface area contributed by atoms with Crippen LogP contribution in [-0.2, 0) is 17.8 Å². The fourth-order valence-corrected chi connectivity index (χ4v) is 6.69. The van der Waals surface area contributed by atoms with E-state index in [4.69, 9.17) is 8.83 Å². The Morgan fingerprint density at radius 2 is 1.79 bits per heavy atom. The van der Waals surface area contributed by atoms with E-state index < -0.39 is 5.63 Å². The van der Waals surface area contributed by atoms with Crippen LogP contribution in [-0.4, -0.2) is 28.5 Å². The van der Waals surface area contributed by atoms with Crippen LogP contribution in [0.25, 0.3) is 33.1 Å². The van der Waals surface area contributed by atoms with Crippen molar-refractivity contribution in [2.45, 2.75) is 39.2 Å². The summed E-state index contributed by atoms with van der Waals surface area (Å²) < 4.78 is 13.7. The summed E-state index contributed by atoms with van der Waals surface area (Å²) in [6, 6.07) is 17.3. The van der Waals surface area contributed by atoms with Gasteiger partial charge in [0.05, 0.1) is 23.6 Å². The molecule has 0 N–H and O–H groups in total. The minimum atomic E-state index is -0.490. The molecule has 5 aromatic rings.